The molecular weight excluding hydrogens is 418 g/mol. The van der Waals surface area contributed by atoms with Crippen molar-refractivity contribution in [3.8, 4) is 5.75 Å². The molecule has 1 aromatic heterocycles. The van der Waals surface area contributed by atoms with E-state index in [0.29, 0.717) is 31.7 Å². The second kappa shape index (κ2) is 8.78. The lowest BCUT2D eigenvalue weighted by atomic mass is 9.97. The first-order valence-corrected chi connectivity index (χ1v) is 11.2. The van der Waals surface area contributed by atoms with Crippen molar-refractivity contribution in [2.75, 3.05) is 32.0 Å². The van der Waals surface area contributed by atoms with E-state index in [2.05, 4.69) is 9.71 Å². The number of hydrogen-bond acceptors (Lipinski definition) is 8. The van der Waals surface area contributed by atoms with E-state index < -0.39 is 10.0 Å². The maximum absolute atomic E-state index is 12.6. The molecule has 0 aliphatic carbocycles. The number of amides is 1. The molecule has 29 heavy (non-hydrogen) atoms. The van der Waals surface area contributed by atoms with Gasteiger partial charge in [-0.1, -0.05) is 0 Å². The third-order valence-corrected chi connectivity index (χ3v) is 6.87. The number of rotatable bonds is 6. The summed E-state index contributed by atoms with van der Waals surface area (Å²) in [5.41, 5.74) is 0.166. The highest BCUT2D eigenvalue weighted by molar-refractivity contribution is 7.93. The number of sulfonamides is 1. The molecule has 1 fully saturated rings. The Bertz CT molecular complexity index is 979. The van der Waals surface area contributed by atoms with Crippen LogP contribution >= 0.6 is 11.3 Å². The molecule has 1 N–H and O–H groups in total. The Balaban J connectivity index is 1.64. The average Bonchev–Trinajstić information content (AvgIpc) is 3.20. The first kappa shape index (κ1) is 21.1. The van der Waals surface area contributed by atoms with Gasteiger partial charge in [0.25, 0.3) is 15.9 Å². The molecule has 0 saturated carbocycles. The van der Waals surface area contributed by atoms with Gasteiger partial charge in [0.2, 0.25) is 0 Å². The van der Waals surface area contributed by atoms with E-state index in [-0.39, 0.29) is 33.5 Å². The molecule has 0 atom stereocenters. The topological polar surface area (TPSA) is 115 Å². The summed E-state index contributed by atoms with van der Waals surface area (Å²) >= 11 is 1.03. The lowest BCUT2D eigenvalue weighted by Gasteiger charge is -2.30. The van der Waals surface area contributed by atoms with Gasteiger partial charge in [-0.25, -0.2) is 13.4 Å². The van der Waals surface area contributed by atoms with Crippen LogP contribution < -0.4 is 9.46 Å². The molecule has 11 heteroatoms. The van der Waals surface area contributed by atoms with Crippen LogP contribution in [0.3, 0.4) is 0 Å². The Morgan fingerprint density at radius 2 is 1.83 bits per heavy atom. The van der Waals surface area contributed by atoms with E-state index in [4.69, 9.17) is 9.47 Å². The number of piperidine rings is 1. The maximum atomic E-state index is 12.6. The van der Waals surface area contributed by atoms with Crippen LogP contribution in [0.5, 0.6) is 5.75 Å². The van der Waals surface area contributed by atoms with E-state index in [9.17, 15) is 18.0 Å². The first-order chi connectivity index (χ1) is 13.8. The van der Waals surface area contributed by atoms with Gasteiger partial charge in [-0.2, -0.15) is 0 Å². The Hall–Kier alpha value is -2.66. The molecule has 1 saturated heterocycles. The molecule has 0 spiro atoms. The Kier molecular flexibility index (Phi) is 6.38. The van der Waals surface area contributed by atoms with Crippen molar-refractivity contribution in [2.45, 2.75) is 17.7 Å². The van der Waals surface area contributed by atoms with Gasteiger partial charge in [0.05, 0.1) is 25.0 Å². The number of esters is 1. The third kappa shape index (κ3) is 4.85. The molecule has 1 aliphatic rings. The van der Waals surface area contributed by atoms with Gasteiger partial charge in [-0.05, 0) is 37.1 Å². The molecule has 156 valence electrons. The fourth-order valence-electron chi connectivity index (χ4n) is 2.99. The molecule has 0 radical (unpaired) electrons. The molecule has 2 heterocycles. The highest BCUT2D eigenvalue weighted by Crippen LogP contribution is 2.24. The SMILES string of the molecule is COC(=O)C1CCN(C(=O)c2csc(NS(=O)(=O)c3ccc(OC)cc3)n2)CC1. The summed E-state index contributed by atoms with van der Waals surface area (Å²) in [6, 6.07) is 5.94. The predicted molar refractivity (Wildman–Crippen MR) is 107 cm³/mol. The molecule has 9 nitrogen and oxygen atoms in total. The van der Waals surface area contributed by atoms with Crippen molar-refractivity contribution < 1.29 is 27.5 Å². The molecule has 0 bridgehead atoms. The standard InChI is InChI=1S/C18H21N3O6S2/c1-26-13-3-5-14(6-4-13)29(24,25)20-18-19-15(11-28-18)16(22)21-9-7-12(8-10-21)17(23)27-2/h3-6,11-12H,7-10H2,1-2H3,(H,19,20). The third-order valence-electron chi connectivity index (χ3n) is 4.63. The van der Waals surface area contributed by atoms with Crippen molar-refractivity contribution in [1.29, 1.82) is 0 Å². The van der Waals surface area contributed by atoms with Gasteiger partial charge in [0, 0.05) is 18.5 Å². The monoisotopic (exact) mass is 439 g/mol. The highest BCUT2D eigenvalue weighted by Gasteiger charge is 2.29. The van der Waals surface area contributed by atoms with Crippen LogP contribution in [0.2, 0.25) is 0 Å². The Morgan fingerprint density at radius 1 is 1.17 bits per heavy atom. The van der Waals surface area contributed by atoms with Crippen molar-refractivity contribution >= 4 is 38.4 Å². The van der Waals surface area contributed by atoms with E-state index in [1.807, 2.05) is 0 Å². The second-order valence-corrected chi connectivity index (χ2v) is 8.95. The first-order valence-electron chi connectivity index (χ1n) is 8.83. The summed E-state index contributed by atoms with van der Waals surface area (Å²) in [5, 5.41) is 1.62. The maximum Gasteiger partial charge on any atom is 0.308 e. The minimum absolute atomic E-state index is 0.0614. The van der Waals surface area contributed by atoms with Gasteiger partial charge in [-0.15, -0.1) is 11.3 Å². The minimum atomic E-state index is -3.83. The number of carbonyl (C=O) groups excluding carboxylic acids is 2. The number of hydrogen-bond donors (Lipinski definition) is 1. The molecule has 0 unspecified atom stereocenters. The van der Waals surface area contributed by atoms with Crippen molar-refractivity contribution in [1.82, 2.24) is 9.88 Å². The van der Waals surface area contributed by atoms with E-state index in [1.165, 1.54) is 31.7 Å². The largest absolute Gasteiger partial charge is 0.497 e. The zero-order valence-corrected chi connectivity index (χ0v) is 17.6. The van der Waals surface area contributed by atoms with Crippen LogP contribution in [0.4, 0.5) is 5.13 Å². The van der Waals surface area contributed by atoms with E-state index in [0.717, 1.165) is 11.3 Å². The van der Waals surface area contributed by atoms with E-state index >= 15 is 0 Å². The number of methoxy groups -OCH3 is 2. The molecule has 1 amide bonds. The van der Waals surface area contributed by atoms with E-state index in [1.54, 1.807) is 17.0 Å². The summed E-state index contributed by atoms with van der Waals surface area (Å²) in [6.45, 7) is 0.839. The zero-order valence-electron chi connectivity index (χ0n) is 16.0. The van der Waals surface area contributed by atoms with Crippen LogP contribution in [-0.2, 0) is 19.6 Å². The number of likely N-dealkylation sites (tertiary alicyclic amines) is 1. The number of nitrogens with one attached hydrogen (secondary N) is 1. The summed E-state index contributed by atoms with van der Waals surface area (Å²) in [7, 11) is -0.985. The number of thiazole rings is 1. The van der Waals surface area contributed by atoms with Crippen LogP contribution in [0.15, 0.2) is 34.5 Å². The smallest absolute Gasteiger partial charge is 0.308 e. The summed E-state index contributed by atoms with van der Waals surface area (Å²) in [4.78, 5) is 30.0. The van der Waals surface area contributed by atoms with Gasteiger partial charge in [0.15, 0.2) is 5.13 Å². The van der Waals surface area contributed by atoms with Gasteiger partial charge < -0.3 is 14.4 Å². The van der Waals surface area contributed by atoms with Crippen LogP contribution in [0.25, 0.3) is 0 Å². The number of carbonyl (C=O) groups is 2. The number of aromatic nitrogens is 1. The fourth-order valence-corrected chi connectivity index (χ4v) is 4.93. The highest BCUT2D eigenvalue weighted by atomic mass is 32.2. The van der Waals surface area contributed by atoms with Crippen molar-refractivity contribution in [2.24, 2.45) is 5.92 Å². The average molecular weight is 440 g/mol. The second-order valence-electron chi connectivity index (χ2n) is 6.41. The minimum Gasteiger partial charge on any atom is -0.497 e. The number of nitrogens with zero attached hydrogens (tertiary/aromatic N) is 2. The van der Waals surface area contributed by atoms with Crippen LogP contribution in [0, 0.1) is 5.92 Å². The fraction of sp³-hybridized carbons (Fsp3) is 0.389. The van der Waals surface area contributed by atoms with Gasteiger partial charge in [0.1, 0.15) is 11.4 Å². The Labute approximate surface area is 172 Å². The summed E-state index contributed by atoms with van der Waals surface area (Å²) < 4.78 is 37.1. The number of anilines is 1. The predicted octanol–water partition coefficient (Wildman–Crippen LogP) is 1.98. The quantitative estimate of drug-likeness (QED) is 0.684. The molecule has 1 aromatic carbocycles. The zero-order chi connectivity index (χ0) is 21.0. The number of benzene rings is 1. The normalized spacial score (nSPS) is 15.0. The van der Waals surface area contributed by atoms with Crippen LogP contribution in [-0.4, -0.2) is 57.5 Å². The van der Waals surface area contributed by atoms with Gasteiger partial charge >= 0.3 is 5.97 Å². The summed E-state index contributed by atoms with van der Waals surface area (Å²) in [5.74, 6) is -0.214. The number of ether oxygens (including phenoxy) is 2. The van der Waals surface area contributed by atoms with Gasteiger partial charge in [-0.3, -0.25) is 14.3 Å². The Morgan fingerprint density at radius 3 is 2.41 bits per heavy atom. The molecule has 3 rings (SSSR count). The van der Waals surface area contributed by atoms with Crippen LogP contribution in [0.1, 0.15) is 23.3 Å². The molecule has 1 aliphatic heterocycles. The molecule has 2 aromatic rings. The lowest BCUT2D eigenvalue weighted by Crippen LogP contribution is -2.40. The summed E-state index contributed by atoms with van der Waals surface area (Å²) in [6.07, 6.45) is 1.05. The lowest BCUT2D eigenvalue weighted by molar-refractivity contribution is -0.146. The van der Waals surface area contributed by atoms with Crippen molar-refractivity contribution in [3.05, 3.63) is 35.3 Å². The molecular formula is C18H21N3O6S2. The van der Waals surface area contributed by atoms with Crippen molar-refractivity contribution in [3.63, 3.8) is 0 Å².